The highest BCUT2D eigenvalue weighted by molar-refractivity contribution is 6.32. The van der Waals surface area contributed by atoms with Gasteiger partial charge >= 0.3 is 5.97 Å². The largest absolute Gasteiger partial charge is 0.494 e. The van der Waals surface area contributed by atoms with Crippen molar-refractivity contribution in [2.75, 3.05) is 13.7 Å². The van der Waals surface area contributed by atoms with E-state index >= 15 is 0 Å². The Kier molecular flexibility index (Phi) is 7.38. The van der Waals surface area contributed by atoms with Crippen molar-refractivity contribution in [3.05, 3.63) is 81.3 Å². The van der Waals surface area contributed by atoms with Crippen LogP contribution in [0, 0.1) is 20.8 Å². The zero-order valence-electron chi connectivity index (χ0n) is 20.3. The predicted molar refractivity (Wildman–Crippen MR) is 136 cm³/mol. The fourth-order valence-corrected chi connectivity index (χ4v) is 4.28. The molecule has 35 heavy (non-hydrogen) atoms. The molecule has 0 atom stereocenters. The second-order valence-electron chi connectivity index (χ2n) is 8.60. The van der Waals surface area contributed by atoms with Gasteiger partial charge in [0.2, 0.25) is 0 Å². The van der Waals surface area contributed by atoms with Crippen LogP contribution in [0.5, 0.6) is 5.75 Å². The van der Waals surface area contributed by atoms with Crippen LogP contribution in [0.2, 0.25) is 5.02 Å². The van der Waals surface area contributed by atoms with Crippen LogP contribution in [0.1, 0.15) is 44.9 Å². The maximum atomic E-state index is 12.0. The van der Waals surface area contributed by atoms with Crippen LogP contribution in [-0.4, -0.2) is 39.4 Å². The summed E-state index contributed by atoms with van der Waals surface area (Å²) in [4.78, 5) is 16.5. The molecule has 0 saturated carbocycles. The number of aryl methyl sites for hydroxylation is 4. The predicted octanol–water partition coefficient (Wildman–Crippen LogP) is 5.83. The number of halogens is 1. The number of fused-ring (bicyclic) bond motifs is 1. The van der Waals surface area contributed by atoms with Gasteiger partial charge in [-0.3, -0.25) is 0 Å². The average Bonchev–Trinajstić information content (AvgIpc) is 3.19. The number of carbonyl (C=O) groups is 1. The summed E-state index contributed by atoms with van der Waals surface area (Å²) in [5.74, 6) is -0.300. The number of hydrogen-bond donors (Lipinski definition) is 1. The summed E-state index contributed by atoms with van der Waals surface area (Å²) in [6.45, 7) is 6.61. The summed E-state index contributed by atoms with van der Waals surface area (Å²) in [6, 6.07) is 11.9. The van der Waals surface area contributed by atoms with Gasteiger partial charge in [0, 0.05) is 18.3 Å². The van der Waals surface area contributed by atoms with Crippen LogP contribution in [0.4, 0.5) is 0 Å². The highest BCUT2D eigenvalue weighted by Gasteiger charge is 2.22. The van der Waals surface area contributed by atoms with Crippen molar-refractivity contribution in [1.82, 2.24) is 14.6 Å². The van der Waals surface area contributed by atoms with Gasteiger partial charge in [-0.1, -0.05) is 41.4 Å². The lowest BCUT2D eigenvalue weighted by Crippen LogP contribution is -2.12. The molecule has 1 N–H and O–H groups in total. The second kappa shape index (κ2) is 10.5. The topological polar surface area (TPSA) is 86.0 Å². The Labute approximate surface area is 209 Å². The normalized spacial score (nSPS) is 11.2. The van der Waals surface area contributed by atoms with E-state index in [1.807, 2.05) is 57.2 Å². The van der Waals surface area contributed by atoms with Crippen LogP contribution in [-0.2, 0) is 17.8 Å². The minimum Gasteiger partial charge on any atom is -0.494 e. The molecule has 2 aromatic carbocycles. The Morgan fingerprint density at radius 3 is 2.43 bits per heavy atom. The van der Waals surface area contributed by atoms with E-state index in [0.29, 0.717) is 36.5 Å². The number of carboxylic acids is 1. The number of carboxylic acid groups (broad SMARTS) is 1. The maximum Gasteiger partial charge on any atom is 0.339 e. The molecule has 0 unspecified atom stereocenters. The van der Waals surface area contributed by atoms with Crippen molar-refractivity contribution in [3.63, 3.8) is 0 Å². The molecule has 2 heterocycles. The Morgan fingerprint density at radius 1 is 1.11 bits per heavy atom. The number of rotatable bonds is 9. The number of nitrogens with zero attached hydrogens (tertiary/aromatic N) is 3. The molecule has 0 radical (unpaired) electrons. The van der Waals surface area contributed by atoms with Crippen LogP contribution >= 0.6 is 11.6 Å². The van der Waals surface area contributed by atoms with Crippen molar-refractivity contribution in [3.8, 4) is 16.9 Å². The monoisotopic (exact) mass is 493 g/mol. The first-order valence-electron chi connectivity index (χ1n) is 11.4. The standard InChI is InChI=1S/C27H28ClN3O4/c1-16-7-9-19(10-8-16)24-22(15-34-4)30-31-23(21(27(32)33)14-29-26(24)31)6-5-11-35-20-12-17(2)25(28)18(3)13-20/h7-10,12-14H,5-6,11,15H2,1-4H3,(H,32,33). The SMILES string of the molecule is COCc1nn2c(CCCOc3cc(C)c(Cl)c(C)c3)c(C(=O)O)cnc2c1-c1ccc(C)cc1. The van der Waals surface area contributed by atoms with E-state index in [4.69, 9.17) is 26.2 Å². The van der Waals surface area contributed by atoms with Crippen LogP contribution in [0.25, 0.3) is 16.8 Å². The Bertz CT molecular complexity index is 1360. The summed E-state index contributed by atoms with van der Waals surface area (Å²) in [6.07, 6.45) is 2.46. The molecule has 2 aromatic heterocycles. The molecule has 0 spiro atoms. The molecule has 8 heteroatoms. The molecule has 0 fully saturated rings. The molecule has 0 amide bonds. The van der Waals surface area contributed by atoms with Gasteiger partial charge in [0.1, 0.15) is 5.75 Å². The molecule has 0 aliphatic rings. The second-order valence-corrected chi connectivity index (χ2v) is 8.98. The van der Waals surface area contributed by atoms with E-state index < -0.39 is 5.97 Å². The van der Waals surface area contributed by atoms with Crippen molar-refractivity contribution in [2.24, 2.45) is 0 Å². The first-order valence-corrected chi connectivity index (χ1v) is 11.8. The summed E-state index contributed by atoms with van der Waals surface area (Å²) in [7, 11) is 1.61. The number of ether oxygens (including phenoxy) is 2. The van der Waals surface area contributed by atoms with Gasteiger partial charge in [0.15, 0.2) is 5.65 Å². The Hall–Kier alpha value is -3.42. The lowest BCUT2D eigenvalue weighted by atomic mass is 10.0. The van der Waals surface area contributed by atoms with Crippen molar-refractivity contribution in [2.45, 2.75) is 40.2 Å². The molecule has 0 aliphatic heterocycles. The van der Waals surface area contributed by atoms with Gasteiger partial charge in [-0.15, -0.1) is 0 Å². The third kappa shape index (κ3) is 5.16. The van der Waals surface area contributed by atoms with Gasteiger partial charge in [-0.2, -0.15) is 5.10 Å². The average molecular weight is 494 g/mol. The molecule has 7 nitrogen and oxygen atoms in total. The number of aromatic nitrogens is 3. The van der Waals surface area contributed by atoms with E-state index in [1.165, 1.54) is 6.20 Å². The molecule has 0 bridgehead atoms. The van der Waals surface area contributed by atoms with Crippen LogP contribution in [0.15, 0.2) is 42.6 Å². The van der Waals surface area contributed by atoms with Gasteiger partial charge in [-0.05, 0) is 62.4 Å². The number of methoxy groups -OCH3 is 1. The minimum absolute atomic E-state index is 0.123. The smallest absolute Gasteiger partial charge is 0.339 e. The summed E-state index contributed by atoms with van der Waals surface area (Å²) < 4.78 is 13.0. The maximum absolute atomic E-state index is 12.0. The van der Waals surface area contributed by atoms with E-state index in [-0.39, 0.29) is 12.2 Å². The summed E-state index contributed by atoms with van der Waals surface area (Å²) in [5.41, 5.74) is 6.86. The molecule has 4 aromatic rings. The Balaban J connectivity index is 1.66. The zero-order chi connectivity index (χ0) is 25.1. The van der Waals surface area contributed by atoms with Crippen molar-refractivity contribution < 1.29 is 19.4 Å². The van der Waals surface area contributed by atoms with Crippen LogP contribution < -0.4 is 4.74 Å². The van der Waals surface area contributed by atoms with Crippen molar-refractivity contribution >= 4 is 23.2 Å². The summed E-state index contributed by atoms with van der Waals surface area (Å²) in [5, 5.41) is 15.3. The van der Waals surface area contributed by atoms with Crippen LogP contribution in [0.3, 0.4) is 0 Å². The molecule has 4 rings (SSSR count). The minimum atomic E-state index is -1.04. The molecule has 182 valence electrons. The number of aromatic carboxylic acids is 1. The third-order valence-corrected chi connectivity index (χ3v) is 6.50. The van der Waals surface area contributed by atoms with Gasteiger partial charge < -0.3 is 14.6 Å². The molecular formula is C27H28ClN3O4. The third-order valence-electron chi connectivity index (χ3n) is 5.90. The van der Waals surface area contributed by atoms with Gasteiger partial charge in [0.25, 0.3) is 0 Å². The van der Waals surface area contributed by atoms with E-state index in [0.717, 1.165) is 38.6 Å². The first-order chi connectivity index (χ1) is 16.8. The molecular weight excluding hydrogens is 466 g/mol. The highest BCUT2D eigenvalue weighted by Crippen LogP contribution is 2.30. The lowest BCUT2D eigenvalue weighted by Gasteiger charge is -2.11. The Morgan fingerprint density at radius 2 is 1.80 bits per heavy atom. The first kappa shape index (κ1) is 24.7. The lowest BCUT2D eigenvalue weighted by molar-refractivity contribution is 0.0694. The van der Waals surface area contributed by atoms with Gasteiger partial charge in [-0.25, -0.2) is 14.3 Å². The fourth-order valence-electron chi connectivity index (χ4n) is 4.17. The van der Waals surface area contributed by atoms with E-state index in [9.17, 15) is 9.90 Å². The molecule has 0 aliphatic carbocycles. The zero-order valence-corrected chi connectivity index (χ0v) is 21.0. The van der Waals surface area contributed by atoms with Crippen molar-refractivity contribution in [1.29, 1.82) is 0 Å². The summed E-state index contributed by atoms with van der Waals surface area (Å²) >= 11 is 6.25. The number of hydrogen-bond acceptors (Lipinski definition) is 5. The number of benzene rings is 2. The van der Waals surface area contributed by atoms with E-state index in [2.05, 4.69) is 4.98 Å². The van der Waals surface area contributed by atoms with Gasteiger partial charge in [0.05, 0.1) is 35.7 Å². The molecule has 0 saturated heterocycles. The fraction of sp³-hybridized carbons (Fsp3) is 0.296. The quantitative estimate of drug-likeness (QED) is 0.295. The van der Waals surface area contributed by atoms with E-state index in [1.54, 1.807) is 11.6 Å². The highest BCUT2D eigenvalue weighted by atomic mass is 35.5.